The number of unbranched alkanes of at least 4 members (excludes halogenated alkanes) is 12. The predicted octanol–water partition coefficient (Wildman–Crippen LogP) is 8.99. The Kier molecular flexibility index (Phi) is 32.9. The van der Waals surface area contributed by atoms with Gasteiger partial charge in [0, 0.05) is 12.8 Å². The van der Waals surface area contributed by atoms with E-state index < -0.39 is 58.4 Å². The molecule has 0 saturated heterocycles. The quantitative estimate of drug-likeness (QED) is 0.0255. The first kappa shape index (κ1) is 46.9. The Morgan fingerprint density at radius 2 is 0.959 bits per heavy atom. The molecule has 3 unspecified atom stereocenters. The molecular weight excluding hydrogens is 647 g/mol. The molecule has 49 heavy (non-hydrogen) atoms. The van der Waals surface area contributed by atoms with E-state index in [0.717, 1.165) is 89.9 Å². The minimum absolute atomic E-state index is 0.170. The molecule has 0 aliphatic rings. The van der Waals surface area contributed by atoms with Crippen molar-refractivity contribution in [2.75, 3.05) is 26.4 Å². The molecule has 0 spiro atoms. The number of aliphatic hydroxyl groups excluding tert-OH is 2. The van der Waals surface area contributed by atoms with Gasteiger partial charge in [0.05, 0.1) is 26.4 Å². The highest BCUT2D eigenvalue weighted by Crippen LogP contribution is 2.43. The van der Waals surface area contributed by atoms with E-state index in [4.69, 9.17) is 18.5 Å². The van der Waals surface area contributed by atoms with E-state index in [1.165, 1.54) is 12.8 Å². The van der Waals surface area contributed by atoms with E-state index in [-0.39, 0.29) is 12.8 Å². The van der Waals surface area contributed by atoms with E-state index >= 15 is 0 Å². The maximum Gasteiger partial charge on any atom is 0.472 e. The van der Waals surface area contributed by atoms with Crippen LogP contribution in [0.1, 0.15) is 142 Å². The highest BCUT2D eigenvalue weighted by atomic mass is 31.2. The normalized spacial score (nSPS) is 14.6. The van der Waals surface area contributed by atoms with E-state index in [1.807, 2.05) is 0 Å². The molecule has 0 amide bonds. The van der Waals surface area contributed by atoms with E-state index in [1.54, 1.807) is 0 Å². The Labute approximate surface area is 296 Å². The van der Waals surface area contributed by atoms with Crippen molar-refractivity contribution in [1.29, 1.82) is 0 Å². The van der Waals surface area contributed by atoms with Crippen LogP contribution in [0.5, 0.6) is 0 Å². The molecule has 0 bridgehead atoms. The van der Waals surface area contributed by atoms with Crippen molar-refractivity contribution in [3.8, 4) is 0 Å². The Hall–Kier alpha value is -2.07. The lowest BCUT2D eigenvalue weighted by atomic mass is 10.1. The first-order valence-corrected chi connectivity index (χ1v) is 20.1. The van der Waals surface area contributed by atoms with Crippen LogP contribution in [0.25, 0.3) is 0 Å². The highest BCUT2D eigenvalue weighted by Gasteiger charge is 2.27. The van der Waals surface area contributed by atoms with Crippen molar-refractivity contribution in [3.63, 3.8) is 0 Å². The van der Waals surface area contributed by atoms with Crippen LogP contribution < -0.4 is 0 Å². The van der Waals surface area contributed by atoms with Crippen LogP contribution in [0.3, 0.4) is 0 Å². The second-order valence-corrected chi connectivity index (χ2v) is 13.6. The number of allylic oxidation sites excluding steroid dienone is 8. The molecule has 10 nitrogen and oxygen atoms in total. The molecule has 3 atom stereocenters. The third-order valence-electron chi connectivity index (χ3n) is 7.53. The summed E-state index contributed by atoms with van der Waals surface area (Å²) >= 11 is 0. The Bertz CT molecular complexity index is 962. The zero-order chi connectivity index (χ0) is 36.3. The molecule has 0 fully saturated rings. The van der Waals surface area contributed by atoms with Gasteiger partial charge in [-0.15, -0.1) is 0 Å². The maximum atomic E-state index is 12.3. The summed E-state index contributed by atoms with van der Waals surface area (Å²) in [6.07, 6.45) is 33.8. The van der Waals surface area contributed by atoms with Crippen LogP contribution in [0.15, 0.2) is 48.6 Å². The molecule has 0 aliphatic carbocycles. The zero-order valence-corrected chi connectivity index (χ0v) is 31.3. The van der Waals surface area contributed by atoms with Crippen LogP contribution in [0, 0.1) is 0 Å². The van der Waals surface area contributed by atoms with Gasteiger partial charge in [-0.3, -0.25) is 18.6 Å². The van der Waals surface area contributed by atoms with Crippen molar-refractivity contribution in [3.05, 3.63) is 48.6 Å². The number of carbonyl (C=O) groups is 2. The summed E-state index contributed by atoms with van der Waals surface area (Å²) in [5, 5.41) is 19.1. The van der Waals surface area contributed by atoms with Crippen molar-refractivity contribution in [1.82, 2.24) is 0 Å². The molecule has 0 aromatic heterocycles. The van der Waals surface area contributed by atoms with Crippen molar-refractivity contribution in [2.45, 2.75) is 154 Å². The number of hydrogen-bond acceptors (Lipinski definition) is 9. The standard InChI is InChI=1S/C38H67O10P/c1-3-5-7-9-11-13-15-16-17-18-20-22-24-26-28-30-38(42)48-36(32-40)34-46-49(43,44)45-33-35(31-39)47-37(41)29-27-25-23-21-19-14-12-10-8-6-4-2/h5,7,10-13,16-17,35-36,39-40H,3-4,6,8-9,14-15,18-34H2,1-2H3,(H,43,44)/b7-5-,12-10-,13-11-,17-16-. The molecule has 0 aromatic carbocycles. The van der Waals surface area contributed by atoms with Crippen molar-refractivity contribution < 1.29 is 47.8 Å². The van der Waals surface area contributed by atoms with Gasteiger partial charge in [0.15, 0.2) is 0 Å². The summed E-state index contributed by atoms with van der Waals surface area (Å²) in [4.78, 5) is 34.3. The summed E-state index contributed by atoms with van der Waals surface area (Å²) in [5.41, 5.74) is 0. The Balaban J connectivity index is 4.03. The van der Waals surface area contributed by atoms with Gasteiger partial charge in [-0.1, -0.05) is 114 Å². The lowest BCUT2D eigenvalue weighted by molar-refractivity contribution is -0.153. The molecule has 11 heteroatoms. The van der Waals surface area contributed by atoms with E-state index in [2.05, 4.69) is 62.5 Å². The third-order valence-corrected chi connectivity index (χ3v) is 8.48. The molecule has 0 aliphatic heterocycles. The van der Waals surface area contributed by atoms with Gasteiger partial charge in [-0.2, -0.15) is 0 Å². The number of aliphatic hydroxyl groups is 2. The summed E-state index contributed by atoms with van der Waals surface area (Å²) < 4.78 is 32.4. The van der Waals surface area contributed by atoms with Gasteiger partial charge in [0.1, 0.15) is 12.2 Å². The van der Waals surface area contributed by atoms with Gasteiger partial charge in [-0.25, -0.2) is 4.57 Å². The Morgan fingerprint density at radius 3 is 1.41 bits per heavy atom. The summed E-state index contributed by atoms with van der Waals surface area (Å²) in [5.74, 6) is -1.05. The molecular formula is C38H67O10P. The van der Waals surface area contributed by atoms with Crippen molar-refractivity contribution >= 4 is 19.8 Å². The van der Waals surface area contributed by atoms with Gasteiger partial charge < -0.3 is 24.6 Å². The van der Waals surface area contributed by atoms with Crippen molar-refractivity contribution in [2.24, 2.45) is 0 Å². The fourth-order valence-corrected chi connectivity index (χ4v) is 5.42. The summed E-state index contributed by atoms with van der Waals surface area (Å²) in [7, 11) is -4.64. The number of rotatable bonds is 34. The molecule has 0 saturated carbocycles. The fourth-order valence-electron chi connectivity index (χ4n) is 4.64. The van der Waals surface area contributed by atoms with Gasteiger partial charge in [-0.05, 0) is 64.2 Å². The third kappa shape index (κ3) is 32.9. The van der Waals surface area contributed by atoms with Gasteiger partial charge >= 0.3 is 19.8 Å². The zero-order valence-electron chi connectivity index (χ0n) is 30.4. The SMILES string of the molecule is CC/C=C\C/C=C\C/C=C\CCCCCCCC(=O)OC(CO)COP(=O)(O)OCC(CO)OC(=O)CCCCCCC/C=C\CCCC. The average Bonchev–Trinajstić information content (AvgIpc) is 3.09. The molecule has 0 aromatic rings. The smallest absolute Gasteiger partial charge is 0.457 e. The molecule has 0 heterocycles. The fraction of sp³-hybridized carbons (Fsp3) is 0.737. The number of phosphoric ester groups is 1. The largest absolute Gasteiger partial charge is 0.472 e. The van der Waals surface area contributed by atoms with Crippen LogP contribution >= 0.6 is 7.82 Å². The first-order valence-electron chi connectivity index (χ1n) is 18.6. The average molecular weight is 715 g/mol. The van der Waals surface area contributed by atoms with Crippen LogP contribution in [-0.2, 0) is 32.7 Å². The first-order chi connectivity index (χ1) is 23.8. The summed E-state index contributed by atoms with van der Waals surface area (Å²) in [6, 6.07) is 0. The minimum atomic E-state index is -4.64. The number of carbonyl (C=O) groups excluding carboxylic acids is 2. The molecule has 0 rings (SSSR count). The van der Waals surface area contributed by atoms with Crippen LogP contribution in [-0.4, -0.2) is 65.7 Å². The number of esters is 2. The van der Waals surface area contributed by atoms with Gasteiger partial charge in [0.2, 0.25) is 0 Å². The monoisotopic (exact) mass is 714 g/mol. The van der Waals surface area contributed by atoms with Crippen LogP contribution in [0.2, 0.25) is 0 Å². The predicted molar refractivity (Wildman–Crippen MR) is 196 cm³/mol. The number of ether oxygens (including phenoxy) is 2. The highest BCUT2D eigenvalue weighted by molar-refractivity contribution is 7.47. The van der Waals surface area contributed by atoms with E-state index in [0.29, 0.717) is 12.8 Å². The molecule has 0 radical (unpaired) electrons. The number of hydrogen-bond donors (Lipinski definition) is 3. The van der Waals surface area contributed by atoms with E-state index in [9.17, 15) is 29.3 Å². The topological polar surface area (TPSA) is 149 Å². The molecule has 284 valence electrons. The lowest BCUT2D eigenvalue weighted by Crippen LogP contribution is -2.28. The second kappa shape index (κ2) is 34.4. The van der Waals surface area contributed by atoms with Gasteiger partial charge in [0.25, 0.3) is 0 Å². The summed E-state index contributed by atoms with van der Waals surface area (Å²) in [6.45, 7) is 1.99. The molecule has 3 N–H and O–H groups in total. The number of phosphoric acid groups is 1. The maximum absolute atomic E-state index is 12.3. The Morgan fingerprint density at radius 1 is 0.571 bits per heavy atom. The van der Waals surface area contributed by atoms with Crippen LogP contribution in [0.4, 0.5) is 0 Å². The second-order valence-electron chi connectivity index (χ2n) is 12.2. The lowest BCUT2D eigenvalue weighted by Gasteiger charge is -2.20. The minimum Gasteiger partial charge on any atom is -0.457 e.